The largest absolute Gasteiger partial charge is 0.439 e. The Morgan fingerprint density at radius 2 is 1.52 bits per heavy atom. The van der Waals surface area contributed by atoms with Crippen LogP contribution in [0.2, 0.25) is 0 Å². The van der Waals surface area contributed by atoms with E-state index < -0.39 is 61.5 Å². The molecule has 1 fully saturated rings. The molecular formula is C13H20F6N2O6S2. The fraction of sp³-hybridized carbons (Fsp3) is 0.923. The highest BCUT2D eigenvalue weighted by atomic mass is 32.2. The summed E-state index contributed by atoms with van der Waals surface area (Å²) in [5.41, 5.74) is 0. The van der Waals surface area contributed by atoms with Crippen molar-refractivity contribution in [3.05, 3.63) is 0 Å². The first-order valence-electron chi connectivity index (χ1n) is 8.29. The van der Waals surface area contributed by atoms with Crippen LogP contribution in [0.5, 0.6) is 0 Å². The van der Waals surface area contributed by atoms with Gasteiger partial charge in [0.1, 0.15) is 0 Å². The molecule has 1 aliphatic rings. The second kappa shape index (κ2) is 8.19. The highest BCUT2D eigenvalue weighted by molar-refractivity contribution is 7.90. The second-order valence-corrected chi connectivity index (χ2v) is 9.74. The summed E-state index contributed by atoms with van der Waals surface area (Å²) in [5.74, 6) is -8.81. The van der Waals surface area contributed by atoms with Gasteiger partial charge in [-0.15, -0.1) is 0 Å². The van der Waals surface area contributed by atoms with E-state index in [0.717, 1.165) is 0 Å². The maximum atomic E-state index is 14.1. The summed E-state index contributed by atoms with van der Waals surface area (Å²) in [6, 6.07) is 0. The smallest absolute Gasteiger partial charge is 0.343 e. The summed E-state index contributed by atoms with van der Waals surface area (Å²) >= 11 is 0. The minimum Gasteiger partial charge on any atom is -0.343 e. The highest BCUT2D eigenvalue weighted by Gasteiger charge is 2.82. The molecule has 1 rings (SSSR count). The second-order valence-electron chi connectivity index (χ2n) is 6.30. The van der Waals surface area contributed by atoms with Crippen LogP contribution < -0.4 is 0 Å². The molecule has 1 amide bonds. The van der Waals surface area contributed by atoms with Crippen molar-refractivity contribution in [2.45, 2.75) is 43.1 Å². The Kier molecular flexibility index (Phi) is 7.31. The summed E-state index contributed by atoms with van der Waals surface area (Å²) in [6.07, 6.45) is -0.155. The molecule has 1 saturated heterocycles. The number of rotatable bonds is 8. The lowest BCUT2D eigenvalue weighted by Crippen LogP contribution is -2.64. The van der Waals surface area contributed by atoms with Crippen LogP contribution >= 0.6 is 0 Å². The van der Waals surface area contributed by atoms with Gasteiger partial charge in [0.2, 0.25) is 5.91 Å². The summed E-state index contributed by atoms with van der Waals surface area (Å²) in [5, 5.41) is -13.4. The number of piperidine rings is 1. The third-order valence-corrected chi connectivity index (χ3v) is 7.35. The van der Waals surface area contributed by atoms with E-state index in [-0.39, 0.29) is 30.2 Å². The maximum absolute atomic E-state index is 14.1. The fourth-order valence-corrected chi connectivity index (χ4v) is 4.85. The van der Waals surface area contributed by atoms with Crippen molar-refractivity contribution in [1.29, 1.82) is 0 Å². The molecule has 0 bridgehead atoms. The molecule has 0 aromatic carbocycles. The summed E-state index contributed by atoms with van der Waals surface area (Å²) in [7, 11) is -13.6. The third-order valence-electron chi connectivity index (χ3n) is 4.53. The molecule has 8 nitrogen and oxygen atoms in total. The van der Waals surface area contributed by atoms with Gasteiger partial charge in [-0.2, -0.15) is 39.1 Å². The predicted octanol–water partition coefficient (Wildman–Crippen LogP) is 1.61. The molecule has 1 N–H and O–H groups in total. The van der Waals surface area contributed by atoms with E-state index in [4.69, 9.17) is 4.55 Å². The summed E-state index contributed by atoms with van der Waals surface area (Å²) in [6.45, 7) is 1.84. The van der Waals surface area contributed by atoms with Gasteiger partial charge in [-0.1, -0.05) is 0 Å². The van der Waals surface area contributed by atoms with Crippen LogP contribution in [0.3, 0.4) is 0 Å². The molecule has 0 aliphatic carbocycles. The van der Waals surface area contributed by atoms with Crippen LogP contribution in [0.1, 0.15) is 26.7 Å². The van der Waals surface area contributed by atoms with Gasteiger partial charge in [-0.25, -0.2) is 8.42 Å². The van der Waals surface area contributed by atoms with Gasteiger partial charge in [0.05, 0.1) is 5.92 Å². The first-order valence-corrected chi connectivity index (χ1v) is 11.2. The standard InChI is InChI=1S/C13H20F6N2O6S2/c1-3-20(4-2)10(22)9-6-5-7-21(8-9)28(23,24)12(16,17)11(14,15)13(18,19)29(25,26)27/h9H,3-8H2,1-2H3,(H,25,26,27). The Hall–Kier alpha value is -1.13. The summed E-state index contributed by atoms with van der Waals surface area (Å²) in [4.78, 5) is 13.6. The first kappa shape index (κ1) is 25.9. The lowest BCUT2D eigenvalue weighted by Gasteiger charge is -2.37. The molecule has 0 radical (unpaired) electrons. The van der Waals surface area contributed by atoms with Gasteiger partial charge < -0.3 is 4.90 Å². The number of carbonyl (C=O) groups is 1. The van der Waals surface area contributed by atoms with Crippen LogP contribution in [0.15, 0.2) is 0 Å². The van der Waals surface area contributed by atoms with Crippen LogP contribution in [0.25, 0.3) is 0 Å². The normalized spacial score (nSPS) is 20.5. The van der Waals surface area contributed by atoms with Crippen molar-refractivity contribution in [3.63, 3.8) is 0 Å². The Morgan fingerprint density at radius 1 is 1.03 bits per heavy atom. The van der Waals surface area contributed by atoms with E-state index >= 15 is 0 Å². The average Bonchev–Trinajstić information content (AvgIpc) is 2.61. The van der Waals surface area contributed by atoms with Gasteiger partial charge in [0.15, 0.2) is 0 Å². The minimum absolute atomic E-state index is 0.0461. The summed E-state index contributed by atoms with van der Waals surface area (Å²) < 4.78 is 135. The Labute approximate surface area is 163 Å². The van der Waals surface area contributed by atoms with E-state index in [1.54, 1.807) is 13.8 Å². The molecule has 1 atom stereocenters. The third kappa shape index (κ3) is 4.20. The number of sulfonamides is 1. The van der Waals surface area contributed by atoms with Gasteiger partial charge in [0.25, 0.3) is 10.0 Å². The number of halogens is 6. The van der Waals surface area contributed by atoms with Crippen LogP contribution in [-0.2, 0) is 24.9 Å². The zero-order valence-corrected chi connectivity index (χ0v) is 16.9. The topological polar surface area (TPSA) is 112 Å². The SMILES string of the molecule is CCN(CC)C(=O)C1CCCN(S(=O)(=O)C(F)(F)C(F)(F)C(F)(F)S(=O)(=O)O)C1. The quantitative estimate of drug-likeness (QED) is 0.419. The maximum Gasteiger partial charge on any atom is 0.439 e. The van der Waals surface area contributed by atoms with Gasteiger partial charge in [-0.05, 0) is 26.7 Å². The molecule has 1 heterocycles. The molecule has 0 aromatic rings. The van der Waals surface area contributed by atoms with E-state index in [1.807, 2.05) is 0 Å². The van der Waals surface area contributed by atoms with Crippen molar-refractivity contribution < 1.29 is 52.5 Å². The zero-order chi connectivity index (χ0) is 23.1. The monoisotopic (exact) mass is 478 g/mol. The molecule has 29 heavy (non-hydrogen) atoms. The number of hydrogen-bond acceptors (Lipinski definition) is 5. The molecule has 0 saturated carbocycles. The average molecular weight is 478 g/mol. The minimum atomic E-state index is -7.08. The Bertz CT molecular complexity index is 829. The van der Waals surface area contributed by atoms with Crippen molar-refractivity contribution in [1.82, 2.24) is 9.21 Å². The van der Waals surface area contributed by atoms with E-state index in [9.17, 15) is 48.0 Å². The van der Waals surface area contributed by atoms with Gasteiger partial charge in [-0.3, -0.25) is 9.35 Å². The zero-order valence-electron chi connectivity index (χ0n) is 15.3. The number of amides is 1. The van der Waals surface area contributed by atoms with Crippen molar-refractivity contribution in [2.24, 2.45) is 5.92 Å². The first-order chi connectivity index (χ1) is 12.9. The van der Waals surface area contributed by atoms with Crippen molar-refractivity contribution in [2.75, 3.05) is 26.2 Å². The lowest BCUT2D eigenvalue weighted by atomic mass is 9.98. The van der Waals surface area contributed by atoms with E-state index in [0.29, 0.717) is 0 Å². The van der Waals surface area contributed by atoms with Gasteiger partial charge >= 0.3 is 26.5 Å². The molecule has 1 unspecified atom stereocenters. The molecule has 0 aromatic heterocycles. The molecular weight excluding hydrogens is 458 g/mol. The van der Waals surface area contributed by atoms with Gasteiger partial charge in [0, 0.05) is 26.2 Å². The molecule has 1 aliphatic heterocycles. The van der Waals surface area contributed by atoms with Crippen LogP contribution in [0, 0.1) is 5.92 Å². The number of nitrogens with zero attached hydrogens (tertiary/aromatic N) is 2. The van der Waals surface area contributed by atoms with Crippen LogP contribution in [0.4, 0.5) is 26.3 Å². The van der Waals surface area contributed by atoms with Crippen molar-refractivity contribution >= 4 is 26.0 Å². The number of hydrogen-bond donors (Lipinski definition) is 1. The Morgan fingerprint density at radius 3 is 1.93 bits per heavy atom. The van der Waals surface area contributed by atoms with E-state index in [2.05, 4.69) is 0 Å². The number of carbonyl (C=O) groups excluding carboxylic acids is 1. The fourth-order valence-electron chi connectivity index (χ4n) is 2.81. The number of alkyl halides is 6. The lowest BCUT2D eigenvalue weighted by molar-refractivity contribution is -0.247. The van der Waals surface area contributed by atoms with E-state index in [1.165, 1.54) is 4.90 Å². The Balaban J connectivity index is 3.30. The molecule has 172 valence electrons. The van der Waals surface area contributed by atoms with Crippen molar-refractivity contribution in [3.8, 4) is 0 Å². The van der Waals surface area contributed by atoms with Crippen LogP contribution in [-0.4, -0.2) is 79.1 Å². The molecule has 0 spiro atoms. The predicted molar refractivity (Wildman–Crippen MR) is 87.5 cm³/mol. The molecule has 16 heteroatoms. The highest BCUT2D eigenvalue weighted by Crippen LogP contribution is 2.51.